The fraction of sp³-hybridized carbons (Fsp3) is 0.667. The first-order chi connectivity index (χ1) is 10.2. The van der Waals surface area contributed by atoms with Crippen LogP contribution in [0.1, 0.15) is 5.76 Å². The standard InChI is InChI=1S/C12H18F3N3O3S/c1-9-2-3-11(21-9)22(19,20)17-8-10(12(13,14)15)18-6-4-16-5-7-18/h2-3,10,16-17H,4-8H2,1H3. The van der Waals surface area contributed by atoms with Gasteiger partial charge in [-0.2, -0.15) is 13.2 Å². The minimum atomic E-state index is -4.51. The lowest BCUT2D eigenvalue weighted by Gasteiger charge is -2.35. The number of rotatable bonds is 5. The van der Waals surface area contributed by atoms with Crippen molar-refractivity contribution in [2.45, 2.75) is 24.2 Å². The predicted octanol–water partition coefficient (Wildman–Crippen LogP) is 0.702. The normalized spacial score (nSPS) is 19.3. The fourth-order valence-corrected chi connectivity index (χ4v) is 3.27. The summed E-state index contributed by atoms with van der Waals surface area (Å²) in [6.45, 7) is 2.12. The SMILES string of the molecule is Cc1ccc(S(=O)(=O)NCC(N2CCNCC2)C(F)(F)F)o1. The third-order valence-corrected chi connectivity index (χ3v) is 4.71. The number of hydrogen-bond donors (Lipinski definition) is 2. The molecular formula is C12H18F3N3O3S. The molecule has 1 fully saturated rings. The summed E-state index contributed by atoms with van der Waals surface area (Å²) in [5.74, 6) is 0.370. The van der Waals surface area contributed by atoms with Crippen LogP contribution in [0.15, 0.2) is 21.6 Å². The molecule has 1 saturated heterocycles. The second-order valence-electron chi connectivity index (χ2n) is 5.06. The van der Waals surface area contributed by atoms with Crippen molar-refractivity contribution < 1.29 is 26.0 Å². The molecule has 1 aromatic heterocycles. The maximum Gasteiger partial charge on any atom is 0.405 e. The number of nitrogens with one attached hydrogen (secondary N) is 2. The zero-order valence-corrected chi connectivity index (χ0v) is 12.8. The molecule has 0 spiro atoms. The van der Waals surface area contributed by atoms with E-state index in [1.807, 2.05) is 4.72 Å². The smallest absolute Gasteiger partial charge is 0.405 e. The molecule has 0 aromatic carbocycles. The van der Waals surface area contributed by atoms with Gasteiger partial charge in [0.25, 0.3) is 10.0 Å². The number of halogens is 3. The lowest BCUT2D eigenvalue weighted by Crippen LogP contribution is -2.57. The lowest BCUT2D eigenvalue weighted by atomic mass is 10.2. The molecule has 0 saturated carbocycles. The highest BCUT2D eigenvalue weighted by Crippen LogP contribution is 2.25. The molecule has 1 aromatic rings. The fourth-order valence-electron chi connectivity index (χ4n) is 2.26. The highest BCUT2D eigenvalue weighted by atomic mass is 32.2. The van der Waals surface area contributed by atoms with Gasteiger partial charge in [-0.1, -0.05) is 0 Å². The molecule has 0 radical (unpaired) electrons. The quantitative estimate of drug-likeness (QED) is 0.825. The Morgan fingerprint density at radius 2 is 2.00 bits per heavy atom. The molecule has 10 heteroatoms. The first-order valence-electron chi connectivity index (χ1n) is 6.78. The van der Waals surface area contributed by atoms with Gasteiger partial charge in [-0.05, 0) is 19.1 Å². The van der Waals surface area contributed by atoms with Crippen molar-refractivity contribution in [2.24, 2.45) is 0 Å². The Bertz CT molecular complexity index is 594. The molecule has 2 rings (SSSR count). The van der Waals surface area contributed by atoms with Gasteiger partial charge in [0.05, 0.1) is 0 Å². The number of piperazine rings is 1. The van der Waals surface area contributed by atoms with E-state index >= 15 is 0 Å². The molecule has 0 aliphatic carbocycles. The van der Waals surface area contributed by atoms with Crippen LogP contribution in [-0.2, 0) is 10.0 Å². The van der Waals surface area contributed by atoms with E-state index in [9.17, 15) is 21.6 Å². The maximum atomic E-state index is 13.2. The van der Waals surface area contributed by atoms with Crippen LogP contribution in [0.5, 0.6) is 0 Å². The van der Waals surface area contributed by atoms with E-state index in [1.165, 1.54) is 17.0 Å². The molecule has 6 nitrogen and oxygen atoms in total. The Morgan fingerprint density at radius 1 is 1.36 bits per heavy atom. The van der Waals surface area contributed by atoms with Crippen LogP contribution < -0.4 is 10.0 Å². The van der Waals surface area contributed by atoms with Gasteiger partial charge in [-0.15, -0.1) is 0 Å². The molecule has 1 unspecified atom stereocenters. The van der Waals surface area contributed by atoms with Crippen molar-refractivity contribution in [3.05, 3.63) is 17.9 Å². The Hall–Kier alpha value is -1.10. The van der Waals surface area contributed by atoms with Crippen molar-refractivity contribution in [3.8, 4) is 0 Å². The number of aryl methyl sites for hydroxylation is 1. The Morgan fingerprint density at radius 3 is 2.50 bits per heavy atom. The molecule has 2 N–H and O–H groups in total. The molecular weight excluding hydrogens is 323 g/mol. The van der Waals surface area contributed by atoms with Gasteiger partial charge in [-0.3, -0.25) is 4.90 Å². The third-order valence-electron chi connectivity index (χ3n) is 3.42. The van der Waals surface area contributed by atoms with E-state index in [0.717, 1.165) is 0 Å². The summed E-state index contributed by atoms with van der Waals surface area (Å²) in [7, 11) is -4.09. The van der Waals surface area contributed by atoms with Gasteiger partial charge >= 0.3 is 6.18 Å². The maximum absolute atomic E-state index is 13.2. The molecule has 1 aliphatic rings. The summed E-state index contributed by atoms with van der Waals surface area (Å²) in [6, 6.07) is 0.789. The summed E-state index contributed by atoms with van der Waals surface area (Å²) < 4.78 is 70.4. The monoisotopic (exact) mass is 341 g/mol. The van der Waals surface area contributed by atoms with Crippen LogP contribution in [0.4, 0.5) is 13.2 Å². The van der Waals surface area contributed by atoms with Crippen molar-refractivity contribution in [2.75, 3.05) is 32.7 Å². The molecule has 1 atom stereocenters. The van der Waals surface area contributed by atoms with E-state index in [2.05, 4.69) is 5.32 Å². The second-order valence-corrected chi connectivity index (χ2v) is 6.76. The van der Waals surface area contributed by atoms with Crippen LogP contribution in [0.2, 0.25) is 0 Å². The number of sulfonamides is 1. The van der Waals surface area contributed by atoms with Gasteiger partial charge in [-0.25, -0.2) is 13.1 Å². The van der Waals surface area contributed by atoms with Crippen molar-refractivity contribution in [1.29, 1.82) is 0 Å². The average Bonchev–Trinajstić information content (AvgIpc) is 2.86. The summed E-state index contributed by atoms with van der Waals surface area (Å²) in [4.78, 5) is 1.23. The summed E-state index contributed by atoms with van der Waals surface area (Å²) in [5.41, 5.74) is 0. The van der Waals surface area contributed by atoms with Crippen molar-refractivity contribution in [3.63, 3.8) is 0 Å². The lowest BCUT2D eigenvalue weighted by molar-refractivity contribution is -0.182. The van der Waals surface area contributed by atoms with E-state index in [1.54, 1.807) is 6.92 Å². The summed E-state index contributed by atoms with van der Waals surface area (Å²) in [5, 5.41) is 2.58. The van der Waals surface area contributed by atoms with E-state index in [4.69, 9.17) is 4.42 Å². The van der Waals surface area contributed by atoms with Crippen LogP contribution in [0.3, 0.4) is 0 Å². The van der Waals surface area contributed by atoms with Gasteiger partial charge in [0.15, 0.2) is 0 Å². The predicted molar refractivity (Wildman–Crippen MR) is 72.9 cm³/mol. The van der Waals surface area contributed by atoms with E-state index in [-0.39, 0.29) is 18.2 Å². The number of hydrogen-bond acceptors (Lipinski definition) is 5. The molecule has 126 valence electrons. The minimum Gasteiger partial charge on any atom is -0.449 e. The molecule has 0 amide bonds. The molecule has 0 bridgehead atoms. The van der Waals surface area contributed by atoms with Crippen molar-refractivity contribution >= 4 is 10.0 Å². The second kappa shape index (κ2) is 6.57. The van der Waals surface area contributed by atoms with Gasteiger partial charge in [0.1, 0.15) is 11.8 Å². The Labute approximate surface area is 126 Å². The van der Waals surface area contributed by atoms with Crippen LogP contribution in [-0.4, -0.2) is 58.3 Å². The third kappa shape index (κ3) is 4.22. The van der Waals surface area contributed by atoms with E-state index < -0.39 is 28.8 Å². The topological polar surface area (TPSA) is 74.6 Å². The number of nitrogens with zero attached hydrogens (tertiary/aromatic N) is 1. The Balaban J connectivity index is 2.07. The molecule has 1 aliphatic heterocycles. The highest BCUT2D eigenvalue weighted by Gasteiger charge is 2.44. The highest BCUT2D eigenvalue weighted by molar-refractivity contribution is 7.89. The minimum absolute atomic E-state index is 0.214. The first-order valence-corrected chi connectivity index (χ1v) is 8.26. The average molecular weight is 341 g/mol. The zero-order valence-electron chi connectivity index (χ0n) is 12.0. The summed E-state index contributed by atoms with van der Waals surface area (Å²) in [6.07, 6.45) is -4.51. The molecule has 2 heterocycles. The van der Waals surface area contributed by atoms with Crippen LogP contribution in [0.25, 0.3) is 0 Å². The van der Waals surface area contributed by atoms with E-state index in [0.29, 0.717) is 18.8 Å². The van der Waals surface area contributed by atoms with Crippen LogP contribution in [0, 0.1) is 6.92 Å². The number of alkyl halides is 3. The Kier molecular flexibility index (Phi) is 5.15. The van der Waals surface area contributed by atoms with Gasteiger partial charge < -0.3 is 9.73 Å². The summed E-state index contributed by atoms with van der Waals surface area (Å²) >= 11 is 0. The van der Waals surface area contributed by atoms with Crippen LogP contribution >= 0.6 is 0 Å². The largest absolute Gasteiger partial charge is 0.449 e. The van der Waals surface area contributed by atoms with Crippen molar-refractivity contribution in [1.82, 2.24) is 14.9 Å². The van der Waals surface area contributed by atoms with Gasteiger partial charge in [0.2, 0.25) is 5.09 Å². The van der Waals surface area contributed by atoms with Gasteiger partial charge in [0, 0.05) is 32.7 Å². The number of furan rings is 1. The first kappa shape index (κ1) is 17.3. The zero-order chi connectivity index (χ0) is 16.4. The molecule has 22 heavy (non-hydrogen) atoms.